The van der Waals surface area contributed by atoms with Crippen molar-refractivity contribution < 1.29 is 4.79 Å². The van der Waals surface area contributed by atoms with Crippen molar-refractivity contribution in [3.8, 4) is 0 Å². The number of nitrogens with one attached hydrogen (secondary N) is 2. The second-order valence-electron chi connectivity index (χ2n) is 5.71. The molecule has 0 atom stereocenters. The number of fused-ring (bicyclic) bond motifs is 3. The van der Waals surface area contributed by atoms with Crippen LogP contribution in [-0.4, -0.2) is 32.0 Å². The van der Waals surface area contributed by atoms with Gasteiger partial charge in [-0.2, -0.15) is 9.61 Å². The summed E-state index contributed by atoms with van der Waals surface area (Å²) in [5.74, 6) is 1.57. The molecule has 0 saturated heterocycles. The highest BCUT2D eigenvalue weighted by atomic mass is 16.1. The first-order chi connectivity index (χ1) is 11.2. The zero-order valence-corrected chi connectivity index (χ0v) is 12.9. The van der Waals surface area contributed by atoms with Crippen LogP contribution in [0.4, 0.5) is 17.3 Å². The van der Waals surface area contributed by atoms with Crippen molar-refractivity contribution >= 4 is 28.8 Å². The Balaban J connectivity index is 1.88. The molecule has 0 aromatic carbocycles. The van der Waals surface area contributed by atoms with Crippen LogP contribution >= 0.6 is 0 Å². The zero-order chi connectivity index (χ0) is 15.8. The van der Waals surface area contributed by atoms with Gasteiger partial charge < -0.3 is 15.2 Å². The lowest BCUT2D eigenvalue weighted by Crippen LogP contribution is -2.05. The highest BCUT2D eigenvalue weighted by Gasteiger charge is 2.17. The normalized spacial score (nSPS) is 14.9. The first-order valence-corrected chi connectivity index (χ1v) is 7.77. The fourth-order valence-corrected chi connectivity index (χ4v) is 2.92. The van der Waals surface area contributed by atoms with Crippen molar-refractivity contribution in [2.75, 3.05) is 17.7 Å². The Morgan fingerprint density at radius 1 is 1.35 bits per heavy atom. The minimum absolute atomic E-state index is 0.0956. The summed E-state index contributed by atoms with van der Waals surface area (Å²) in [6, 6.07) is 3.91. The Kier molecular flexibility index (Phi) is 3.25. The average molecular weight is 310 g/mol. The highest BCUT2D eigenvalue weighted by molar-refractivity contribution is 6.01. The van der Waals surface area contributed by atoms with Crippen LogP contribution in [0.25, 0.3) is 5.65 Å². The Morgan fingerprint density at radius 2 is 2.26 bits per heavy atom. The first kappa shape index (κ1) is 13.8. The van der Waals surface area contributed by atoms with E-state index in [2.05, 4.69) is 31.5 Å². The number of Topliss-reactive ketones (excluding diaryl/α,β-unsaturated/α-hetero) is 1. The average Bonchev–Trinajstić information content (AvgIpc) is 3.17. The van der Waals surface area contributed by atoms with E-state index in [1.165, 1.54) is 0 Å². The van der Waals surface area contributed by atoms with Crippen molar-refractivity contribution in [2.24, 2.45) is 0 Å². The van der Waals surface area contributed by atoms with E-state index in [1.807, 2.05) is 25.4 Å². The van der Waals surface area contributed by atoms with Gasteiger partial charge in [-0.3, -0.25) is 4.79 Å². The molecular formula is C16H18N6O. The number of carbonyl (C=O) groups is 1. The lowest BCUT2D eigenvalue weighted by Gasteiger charge is -2.09. The summed E-state index contributed by atoms with van der Waals surface area (Å²) in [6.45, 7) is 0.908. The van der Waals surface area contributed by atoms with Gasteiger partial charge in [0.2, 0.25) is 0 Å². The van der Waals surface area contributed by atoms with Gasteiger partial charge in [0.05, 0.1) is 17.4 Å². The Hall–Kier alpha value is -2.83. The molecule has 0 radical (unpaired) electrons. The number of aromatic nitrogens is 4. The standard InChI is InChI=1S/C16H18N6O/c1-17-15-8-14-19-11-5-7-21(10-11)6-3-2-4-13(23)12-9-18-22(15)16(12)20-14/h5,7-10,17H,2-4,6H2,1H3,(H,19,20). The largest absolute Gasteiger partial charge is 0.373 e. The molecule has 3 aromatic heterocycles. The van der Waals surface area contributed by atoms with Gasteiger partial charge in [0.15, 0.2) is 11.4 Å². The van der Waals surface area contributed by atoms with E-state index in [-0.39, 0.29) is 5.78 Å². The van der Waals surface area contributed by atoms with Gasteiger partial charge in [-0.05, 0) is 18.9 Å². The molecule has 7 nitrogen and oxygen atoms in total. The Morgan fingerprint density at radius 3 is 3.13 bits per heavy atom. The lowest BCUT2D eigenvalue weighted by atomic mass is 10.1. The van der Waals surface area contributed by atoms with Crippen molar-refractivity contribution in [1.29, 1.82) is 0 Å². The summed E-state index contributed by atoms with van der Waals surface area (Å²) >= 11 is 0. The number of ketones is 1. The van der Waals surface area contributed by atoms with Gasteiger partial charge in [0.1, 0.15) is 11.6 Å². The Labute approximate surface area is 133 Å². The van der Waals surface area contributed by atoms with E-state index < -0.39 is 0 Å². The second kappa shape index (κ2) is 5.42. The zero-order valence-electron chi connectivity index (χ0n) is 12.9. The number of hydrogen-bond donors (Lipinski definition) is 2. The molecule has 4 rings (SSSR count). The third-order valence-electron chi connectivity index (χ3n) is 4.12. The molecular weight excluding hydrogens is 292 g/mol. The van der Waals surface area contributed by atoms with E-state index in [4.69, 9.17) is 0 Å². The van der Waals surface area contributed by atoms with Gasteiger partial charge in [0.25, 0.3) is 0 Å². The maximum absolute atomic E-state index is 12.5. The minimum Gasteiger partial charge on any atom is -0.373 e. The fourth-order valence-electron chi connectivity index (χ4n) is 2.92. The number of aryl methyl sites for hydroxylation is 1. The minimum atomic E-state index is 0.0956. The maximum Gasteiger partial charge on any atom is 0.170 e. The molecule has 0 spiro atoms. The monoisotopic (exact) mass is 310 g/mol. The molecule has 1 aliphatic rings. The molecule has 0 amide bonds. The summed E-state index contributed by atoms with van der Waals surface area (Å²) in [7, 11) is 1.83. The molecule has 2 N–H and O–H groups in total. The highest BCUT2D eigenvalue weighted by Crippen LogP contribution is 2.23. The summed E-state index contributed by atoms with van der Waals surface area (Å²) in [6.07, 6.45) is 8.06. The molecule has 0 aliphatic carbocycles. The van der Waals surface area contributed by atoms with Crippen molar-refractivity contribution in [1.82, 2.24) is 19.2 Å². The maximum atomic E-state index is 12.5. The van der Waals surface area contributed by atoms with E-state index in [9.17, 15) is 4.79 Å². The van der Waals surface area contributed by atoms with E-state index in [1.54, 1.807) is 10.7 Å². The van der Waals surface area contributed by atoms with Crippen LogP contribution < -0.4 is 10.6 Å². The molecule has 4 bridgehead atoms. The molecule has 7 heteroatoms. The lowest BCUT2D eigenvalue weighted by molar-refractivity contribution is 0.0980. The van der Waals surface area contributed by atoms with Crippen LogP contribution in [-0.2, 0) is 6.54 Å². The summed E-state index contributed by atoms with van der Waals surface area (Å²) < 4.78 is 3.80. The third-order valence-corrected chi connectivity index (χ3v) is 4.12. The molecule has 0 fully saturated rings. The molecule has 118 valence electrons. The third kappa shape index (κ3) is 2.44. The van der Waals surface area contributed by atoms with E-state index >= 15 is 0 Å². The van der Waals surface area contributed by atoms with Gasteiger partial charge in [-0.1, -0.05) is 0 Å². The van der Waals surface area contributed by atoms with E-state index in [0.717, 1.165) is 30.9 Å². The van der Waals surface area contributed by atoms with Crippen LogP contribution in [0.5, 0.6) is 0 Å². The van der Waals surface area contributed by atoms with Gasteiger partial charge in [-0.15, -0.1) is 0 Å². The number of hydrogen-bond acceptors (Lipinski definition) is 5. The van der Waals surface area contributed by atoms with Crippen LogP contribution in [0.2, 0.25) is 0 Å². The van der Waals surface area contributed by atoms with Crippen molar-refractivity contribution in [3.05, 3.63) is 36.3 Å². The number of nitrogens with zero attached hydrogens (tertiary/aromatic N) is 4. The van der Waals surface area contributed by atoms with Gasteiger partial charge in [0, 0.05) is 38.5 Å². The molecule has 0 unspecified atom stereocenters. The molecule has 4 heterocycles. The number of rotatable bonds is 1. The predicted molar refractivity (Wildman–Crippen MR) is 88.4 cm³/mol. The summed E-state index contributed by atoms with van der Waals surface area (Å²) in [5, 5.41) is 10.7. The van der Waals surface area contributed by atoms with Gasteiger partial charge >= 0.3 is 0 Å². The van der Waals surface area contributed by atoms with Crippen molar-refractivity contribution in [3.63, 3.8) is 0 Å². The summed E-state index contributed by atoms with van der Waals surface area (Å²) in [5.41, 5.74) is 2.15. The predicted octanol–water partition coefficient (Wildman–Crippen LogP) is 2.68. The van der Waals surface area contributed by atoms with Crippen LogP contribution in [0.1, 0.15) is 29.6 Å². The molecule has 23 heavy (non-hydrogen) atoms. The SMILES string of the molecule is CNc1cc2nc3c(cnn13)C(=O)CCCCn1ccc(c1)N2. The topological polar surface area (TPSA) is 76.2 Å². The van der Waals surface area contributed by atoms with Gasteiger partial charge in [-0.25, -0.2) is 4.98 Å². The van der Waals surface area contributed by atoms with E-state index in [0.29, 0.717) is 23.4 Å². The smallest absolute Gasteiger partial charge is 0.170 e. The molecule has 0 saturated carbocycles. The second-order valence-corrected chi connectivity index (χ2v) is 5.71. The van der Waals surface area contributed by atoms with Crippen LogP contribution in [0.3, 0.4) is 0 Å². The Bertz CT molecular complexity index is 878. The summed E-state index contributed by atoms with van der Waals surface area (Å²) in [4.78, 5) is 17.1. The van der Waals surface area contributed by atoms with Crippen molar-refractivity contribution in [2.45, 2.75) is 25.8 Å². The fraction of sp³-hybridized carbons (Fsp3) is 0.312. The molecule has 3 aromatic rings. The van der Waals surface area contributed by atoms with Crippen LogP contribution in [0, 0.1) is 0 Å². The number of carbonyl (C=O) groups excluding carboxylic acids is 1. The molecule has 1 aliphatic heterocycles. The quantitative estimate of drug-likeness (QED) is 0.722. The number of anilines is 3. The van der Waals surface area contributed by atoms with Crippen LogP contribution in [0.15, 0.2) is 30.7 Å². The first-order valence-electron chi connectivity index (χ1n) is 7.77.